The molecule has 0 aromatic carbocycles. The van der Waals surface area contributed by atoms with E-state index in [1.807, 2.05) is 6.07 Å². The Morgan fingerprint density at radius 1 is 1.33 bits per heavy atom. The molecular formula is C13H18BrNO2S. The molecule has 1 aliphatic carbocycles. The van der Waals surface area contributed by atoms with Crippen molar-refractivity contribution in [2.45, 2.75) is 44.1 Å². The van der Waals surface area contributed by atoms with Crippen LogP contribution in [-0.4, -0.2) is 23.2 Å². The van der Waals surface area contributed by atoms with E-state index >= 15 is 0 Å². The van der Waals surface area contributed by atoms with Crippen molar-refractivity contribution in [3.63, 3.8) is 0 Å². The summed E-state index contributed by atoms with van der Waals surface area (Å²) in [6, 6.07) is 3.65. The maximum Gasteiger partial charge on any atom is 0.261 e. The van der Waals surface area contributed by atoms with E-state index in [4.69, 9.17) is 0 Å². The Morgan fingerprint density at radius 3 is 2.56 bits per heavy atom. The summed E-state index contributed by atoms with van der Waals surface area (Å²) in [5, 5.41) is 13.3. The molecule has 0 unspecified atom stereocenters. The van der Waals surface area contributed by atoms with Crippen molar-refractivity contribution in [2.75, 3.05) is 6.54 Å². The average Bonchev–Trinajstić information content (AvgIpc) is 2.66. The third-order valence-electron chi connectivity index (χ3n) is 3.41. The molecule has 5 heteroatoms. The van der Waals surface area contributed by atoms with Gasteiger partial charge >= 0.3 is 0 Å². The van der Waals surface area contributed by atoms with Crippen LogP contribution in [0.15, 0.2) is 15.9 Å². The maximum absolute atomic E-state index is 11.9. The largest absolute Gasteiger partial charge is 0.388 e. The Bertz CT molecular complexity index is 411. The molecule has 0 saturated heterocycles. The van der Waals surface area contributed by atoms with Crippen molar-refractivity contribution in [2.24, 2.45) is 0 Å². The van der Waals surface area contributed by atoms with Crippen LogP contribution in [0, 0.1) is 0 Å². The van der Waals surface area contributed by atoms with Crippen LogP contribution in [0.5, 0.6) is 0 Å². The summed E-state index contributed by atoms with van der Waals surface area (Å²) in [6.45, 7) is 0.362. The Balaban J connectivity index is 1.88. The summed E-state index contributed by atoms with van der Waals surface area (Å²) in [6.07, 6.45) is 6.07. The first-order chi connectivity index (χ1) is 8.59. The van der Waals surface area contributed by atoms with Gasteiger partial charge in [0.1, 0.15) is 0 Å². The molecule has 0 radical (unpaired) electrons. The minimum Gasteiger partial charge on any atom is -0.388 e. The molecule has 0 spiro atoms. The van der Waals surface area contributed by atoms with Gasteiger partial charge in [0, 0.05) is 6.54 Å². The number of hydrogen-bond donors (Lipinski definition) is 2. The number of halogens is 1. The van der Waals surface area contributed by atoms with Gasteiger partial charge in [-0.2, -0.15) is 0 Å². The number of nitrogens with one attached hydrogen (secondary N) is 1. The van der Waals surface area contributed by atoms with Crippen LogP contribution in [0.1, 0.15) is 48.2 Å². The Kier molecular flexibility index (Phi) is 4.81. The second kappa shape index (κ2) is 6.17. The van der Waals surface area contributed by atoms with Crippen molar-refractivity contribution >= 4 is 33.2 Å². The fourth-order valence-corrected chi connectivity index (χ4v) is 3.63. The van der Waals surface area contributed by atoms with E-state index < -0.39 is 5.60 Å². The zero-order valence-corrected chi connectivity index (χ0v) is 12.6. The standard InChI is InChI=1S/C13H18BrNO2S/c14-11-6-5-10(18-11)12(16)15-9-13(17)7-3-1-2-4-8-13/h5-6,17H,1-4,7-9H2,(H,15,16). The Morgan fingerprint density at radius 2 is 2.00 bits per heavy atom. The van der Waals surface area contributed by atoms with E-state index in [-0.39, 0.29) is 5.91 Å². The van der Waals surface area contributed by atoms with Gasteiger partial charge in [0.15, 0.2) is 0 Å². The second-order valence-electron chi connectivity index (χ2n) is 4.92. The van der Waals surface area contributed by atoms with Gasteiger partial charge in [-0.3, -0.25) is 4.79 Å². The third-order valence-corrected chi connectivity index (χ3v) is 5.03. The quantitative estimate of drug-likeness (QED) is 0.834. The molecule has 2 N–H and O–H groups in total. The molecule has 0 atom stereocenters. The normalized spacial score (nSPS) is 19.2. The van der Waals surface area contributed by atoms with E-state index in [1.165, 1.54) is 24.2 Å². The number of carbonyl (C=O) groups is 1. The summed E-state index contributed by atoms with van der Waals surface area (Å²) < 4.78 is 0.945. The highest BCUT2D eigenvalue weighted by Gasteiger charge is 2.28. The van der Waals surface area contributed by atoms with Crippen molar-refractivity contribution in [1.82, 2.24) is 5.32 Å². The summed E-state index contributed by atoms with van der Waals surface area (Å²) >= 11 is 4.75. The SMILES string of the molecule is O=C(NCC1(O)CCCCCC1)c1ccc(Br)s1. The van der Waals surface area contributed by atoms with Crippen LogP contribution in [0.2, 0.25) is 0 Å². The van der Waals surface area contributed by atoms with Gasteiger partial charge in [0.25, 0.3) is 5.91 Å². The molecule has 1 amide bonds. The third kappa shape index (κ3) is 3.80. The second-order valence-corrected chi connectivity index (χ2v) is 7.39. The summed E-state index contributed by atoms with van der Waals surface area (Å²) in [5.74, 6) is -0.0941. The highest BCUT2D eigenvalue weighted by atomic mass is 79.9. The Labute approximate surface area is 120 Å². The van der Waals surface area contributed by atoms with Crippen LogP contribution in [0.25, 0.3) is 0 Å². The van der Waals surface area contributed by atoms with Crippen LogP contribution in [0.4, 0.5) is 0 Å². The first-order valence-electron chi connectivity index (χ1n) is 6.35. The molecule has 0 bridgehead atoms. The zero-order valence-electron chi connectivity index (χ0n) is 10.2. The highest BCUT2D eigenvalue weighted by molar-refractivity contribution is 9.11. The number of thiophene rings is 1. The minimum atomic E-state index is -0.708. The van der Waals surface area contributed by atoms with E-state index in [1.54, 1.807) is 6.07 Å². The van der Waals surface area contributed by atoms with Crippen LogP contribution >= 0.6 is 27.3 Å². The summed E-state index contributed by atoms with van der Waals surface area (Å²) in [4.78, 5) is 12.6. The predicted octanol–water partition coefficient (Wildman–Crippen LogP) is 3.33. The molecule has 100 valence electrons. The van der Waals surface area contributed by atoms with Crippen molar-refractivity contribution in [3.05, 3.63) is 20.8 Å². The van der Waals surface area contributed by atoms with Gasteiger partial charge in [-0.25, -0.2) is 0 Å². The van der Waals surface area contributed by atoms with Gasteiger partial charge in [0.2, 0.25) is 0 Å². The molecule has 0 aliphatic heterocycles. The molecule has 3 nitrogen and oxygen atoms in total. The average molecular weight is 332 g/mol. The number of hydrogen-bond acceptors (Lipinski definition) is 3. The predicted molar refractivity (Wildman–Crippen MR) is 77.0 cm³/mol. The first kappa shape index (κ1) is 14.0. The molecule has 18 heavy (non-hydrogen) atoms. The monoisotopic (exact) mass is 331 g/mol. The lowest BCUT2D eigenvalue weighted by molar-refractivity contribution is 0.0247. The molecule has 1 fully saturated rings. The molecule has 1 aliphatic rings. The molecule has 1 aromatic heterocycles. The van der Waals surface area contributed by atoms with Crippen LogP contribution in [0.3, 0.4) is 0 Å². The Hall–Kier alpha value is -0.390. The lowest BCUT2D eigenvalue weighted by Gasteiger charge is -2.26. The molecular weight excluding hydrogens is 314 g/mol. The fraction of sp³-hybridized carbons (Fsp3) is 0.615. The molecule has 1 saturated carbocycles. The van der Waals surface area contributed by atoms with Gasteiger partial charge in [0.05, 0.1) is 14.3 Å². The summed E-state index contributed by atoms with van der Waals surface area (Å²) in [5.41, 5.74) is -0.708. The van der Waals surface area contributed by atoms with Crippen LogP contribution < -0.4 is 5.32 Å². The topological polar surface area (TPSA) is 49.3 Å². The van der Waals surface area contributed by atoms with E-state index in [0.29, 0.717) is 11.4 Å². The molecule has 1 aromatic rings. The molecule has 1 heterocycles. The van der Waals surface area contributed by atoms with E-state index in [2.05, 4.69) is 21.2 Å². The minimum absolute atomic E-state index is 0.0941. The lowest BCUT2D eigenvalue weighted by atomic mass is 9.94. The van der Waals surface area contributed by atoms with Gasteiger partial charge < -0.3 is 10.4 Å². The van der Waals surface area contributed by atoms with Crippen molar-refractivity contribution in [1.29, 1.82) is 0 Å². The fourth-order valence-electron chi connectivity index (χ4n) is 2.33. The number of aliphatic hydroxyl groups is 1. The van der Waals surface area contributed by atoms with Gasteiger partial charge in [-0.05, 0) is 40.9 Å². The molecule has 2 rings (SSSR count). The smallest absolute Gasteiger partial charge is 0.261 e. The lowest BCUT2D eigenvalue weighted by Crippen LogP contribution is -2.42. The van der Waals surface area contributed by atoms with E-state index in [0.717, 1.165) is 29.5 Å². The maximum atomic E-state index is 11.9. The number of rotatable bonds is 3. The number of carbonyl (C=O) groups excluding carboxylic acids is 1. The zero-order chi connectivity index (χ0) is 13.0. The van der Waals surface area contributed by atoms with Crippen molar-refractivity contribution in [3.8, 4) is 0 Å². The van der Waals surface area contributed by atoms with Crippen LogP contribution in [-0.2, 0) is 0 Å². The number of amides is 1. The van der Waals surface area contributed by atoms with Gasteiger partial charge in [-0.15, -0.1) is 11.3 Å². The highest BCUT2D eigenvalue weighted by Crippen LogP contribution is 2.27. The first-order valence-corrected chi connectivity index (χ1v) is 7.96. The van der Waals surface area contributed by atoms with E-state index in [9.17, 15) is 9.90 Å². The van der Waals surface area contributed by atoms with Gasteiger partial charge in [-0.1, -0.05) is 25.7 Å². The van der Waals surface area contributed by atoms with Crippen molar-refractivity contribution < 1.29 is 9.90 Å². The summed E-state index contributed by atoms with van der Waals surface area (Å²) in [7, 11) is 0.